The van der Waals surface area contributed by atoms with Crippen molar-refractivity contribution in [1.29, 1.82) is 0 Å². The fraction of sp³-hybridized carbons (Fsp3) is 0.500. The zero-order chi connectivity index (χ0) is 22.6. The van der Waals surface area contributed by atoms with E-state index >= 15 is 0 Å². The number of esters is 1. The molecule has 2 atom stereocenters. The lowest BCUT2D eigenvalue weighted by Crippen LogP contribution is -2.44. The Balaban J connectivity index is 1.69. The van der Waals surface area contributed by atoms with Crippen molar-refractivity contribution >= 4 is 5.97 Å². The second-order valence-corrected chi connectivity index (χ2v) is 8.25. The van der Waals surface area contributed by atoms with E-state index in [2.05, 4.69) is 15.3 Å². The van der Waals surface area contributed by atoms with Gasteiger partial charge in [0.1, 0.15) is 18.3 Å². The average Bonchev–Trinajstić information content (AvgIpc) is 2.73. The molecule has 1 N–H and O–H groups in total. The topological polar surface area (TPSA) is 73.3 Å². The molecule has 9 heteroatoms. The van der Waals surface area contributed by atoms with Crippen LogP contribution in [0, 0.1) is 12.3 Å². The summed E-state index contributed by atoms with van der Waals surface area (Å²) < 4.78 is 50.6. The second-order valence-electron chi connectivity index (χ2n) is 8.25. The highest BCUT2D eigenvalue weighted by molar-refractivity contribution is 5.76. The van der Waals surface area contributed by atoms with Crippen molar-refractivity contribution in [3.8, 4) is 5.88 Å². The fourth-order valence-electron chi connectivity index (χ4n) is 3.50. The molecule has 2 aromatic rings. The molecule has 0 amide bonds. The van der Waals surface area contributed by atoms with Gasteiger partial charge in [-0.05, 0) is 57.5 Å². The third-order valence-corrected chi connectivity index (χ3v) is 5.32. The standard InChI is InChI=1S/C22H26F3N3O3/c1-14-15(6-4-9-27-14)16-12-26-11-8-18(16)31-20(29)21(2,3)13-30-19-17(22(23,24)25)7-5-10-28-19/h4-7,9-10,16,18,26H,8,11-13H2,1-3H3/t16-,18+/m0/s1. The van der Waals surface area contributed by atoms with Crippen molar-refractivity contribution in [3.63, 3.8) is 0 Å². The molecule has 168 valence electrons. The normalized spacial score (nSPS) is 19.7. The molecule has 0 bridgehead atoms. The van der Waals surface area contributed by atoms with Gasteiger partial charge < -0.3 is 14.8 Å². The smallest absolute Gasteiger partial charge is 0.421 e. The van der Waals surface area contributed by atoms with Crippen LogP contribution in [-0.2, 0) is 15.7 Å². The molecule has 1 aliphatic rings. The van der Waals surface area contributed by atoms with E-state index in [4.69, 9.17) is 9.47 Å². The van der Waals surface area contributed by atoms with Crippen LogP contribution < -0.4 is 10.1 Å². The molecule has 0 aromatic carbocycles. The van der Waals surface area contributed by atoms with Crippen molar-refractivity contribution in [3.05, 3.63) is 53.5 Å². The van der Waals surface area contributed by atoms with Crippen LogP contribution in [0.3, 0.4) is 0 Å². The van der Waals surface area contributed by atoms with Gasteiger partial charge in [-0.25, -0.2) is 4.98 Å². The van der Waals surface area contributed by atoms with E-state index in [1.165, 1.54) is 12.3 Å². The highest BCUT2D eigenvalue weighted by Gasteiger charge is 2.39. The Morgan fingerprint density at radius 1 is 1.19 bits per heavy atom. The Morgan fingerprint density at radius 3 is 2.61 bits per heavy atom. The van der Waals surface area contributed by atoms with E-state index in [1.807, 2.05) is 19.1 Å². The molecule has 1 aliphatic heterocycles. The summed E-state index contributed by atoms with van der Waals surface area (Å²) in [6.45, 7) is 6.12. The molecule has 2 aromatic heterocycles. The molecular weight excluding hydrogens is 411 g/mol. The van der Waals surface area contributed by atoms with Crippen molar-refractivity contribution in [2.75, 3.05) is 19.7 Å². The quantitative estimate of drug-likeness (QED) is 0.691. The molecule has 0 unspecified atom stereocenters. The minimum atomic E-state index is -4.60. The minimum Gasteiger partial charge on any atom is -0.476 e. The average molecular weight is 437 g/mol. The number of nitrogens with zero attached hydrogens (tertiary/aromatic N) is 2. The van der Waals surface area contributed by atoms with E-state index in [9.17, 15) is 18.0 Å². The summed E-state index contributed by atoms with van der Waals surface area (Å²) in [5.41, 5.74) is -0.274. The van der Waals surface area contributed by atoms with Crippen LogP contribution in [-0.4, -0.2) is 41.7 Å². The number of carbonyl (C=O) groups is 1. The Morgan fingerprint density at radius 2 is 1.90 bits per heavy atom. The van der Waals surface area contributed by atoms with E-state index in [-0.39, 0.29) is 18.6 Å². The number of nitrogens with one attached hydrogen (secondary N) is 1. The summed E-state index contributed by atoms with van der Waals surface area (Å²) in [5.74, 6) is -1.15. The van der Waals surface area contributed by atoms with E-state index in [0.29, 0.717) is 19.5 Å². The molecular formula is C22H26F3N3O3. The van der Waals surface area contributed by atoms with E-state index < -0.39 is 29.0 Å². The van der Waals surface area contributed by atoms with Gasteiger partial charge in [0.25, 0.3) is 0 Å². The minimum absolute atomic E-state index is 0.0595. The van der Waals surface area contributed by atoms with Gasteiger partial charge in [0.2, 0.25) is 5.88 Å². The van der Waals surface area contributed by atoms with Gasteiger partial charge in [-0.1, -0.05) is 6.07 Å². The lowest BCUT2D eigenvalue weighted by atomic mass is 9.87. The summed E-state index contributed by atoms with van der Waals surface area (Å²) in [5, 5.41) is 3.31. The molecule has 3 rings (SSSR count). The van der Waals surface area contributed by atoms with E-state index in [0.717, 1.165) is 17.3 Å². The summed E-state index contributed by atoms with van der Waals surface area (Å²) in [6.07, 6.45) is -1.41. The van der Waals surface area contributed by atoms with Crippen molar-refractivity contribution in [2.45, 2.75) is 45.4 Å². The monoisotopic (exact) mass is 437 g/mol. The first-order valence-electron chi connectivity index (χ1n) is 10.1. The number of aromatic nitrogens is 2. The Hall–Kier alpha value is -2.68. The van der Waals surface area contributed by atoms with Crippen molar-refractivity contribution < 1.29 is 27.4 Å². The van der Waals surface area contributed by atoms with Gasteiger partial charge in [-0.15, -0.1) is 0 Å². The number of aryl methyl sites for hydroxylation is 1. The zero-order valence-electron chi connectivity index (χ0n) is 17.7. The van der Waals surface area contributed by atoms with Crippen molar-refractivity contribution in [1.82, 2.24) is 15.3 Å². The molecule has 0 aliphatic carbocycles. The summed E-state index contributed by atoms with van der Waals surface area (Å²) in [6, 6.07) is 5.89. The maximum absolute atomic E-state index is 13.2. The van der Waals surface area contributed by atoms with Gasteiger partial charge in [-0.2, -0.15) is 13.2 Å². The molecule has 0 spiro atoms. The number of alkyl halides is 3. The lowest BCUT2D eigenvalue weighted by Gasteiger charge is -2.35. The molecule has 1 saturated heterocycles. The first kappa shape index (κ1) is 23.0. The molecule has 6 nitrogen and oxygen atoms in total. The van der Waals surface area contributed by atoms with Crippen LogP contribution in [0.5, 0.6) is 5.88 Å². The Kier molecular flexibility index (Phi) is 6.83. The molecule has 1 fully saturated rings. The maximum atomic E-state index is 13.2. The number of ether oxygens (including phenoxy) is 2. The van der Waals surface area contributed by atoms with Gasteiger partial charge in [-0.3, -0.25) is 9.78 Å². The second kappa shape index (κ2) is 9.21. The fourth-order valence-corrected chi connectivity index (χ4v) is 3.50. The van der Waals surface area contributed by atoms with Crippen LogP contribution >= 0.6 is 0 Å². The number of halogens is 3. The van der Waals surface area contributed by atoms with Crippen molar-refractivity contribution in [2.24, 2.45) is 5.41 Å². The zero-order valence-corrected chi connectivity index (χ0v) is 17.7. The maximum Gasteiger partial charge on any atom is 0.421 e. The van der Waals surface area contributed by atoms with Gasteiger partial charge in [0.15, 0.2) is 0 Å². The van der Waals surface area contributed by atoms with Crippen LogP contribution in [0.25, 0.3) is 0 Å². The summed E-state index contributed by atoms with van der Waals surface area (Å²) in [7, 11) is 0. The predicted octanol–water partition coefficient (Wildman–Crippen LogP) is 3.90. The number of rotatable bonds is 6. The predicted molar refractivity (Wildman–Crippen MR) is 108 cm³/mol. The number of hydrogen-bond donors (Lipinski definition) is 1. The summed E-state index contributed by atoms with van der Waals surface area (Å²) in [4.78, 5) is 20.9. The SMILES string of the molecule is Cc1ncccc1[C@@H]1CNCC[C@H]1OC(=O)C(C)(C)COc1ncccc1C(F)(F)F. The van der Waals surface area contributed by atoms with Crippen LogP contribution in [0.1, 0.15) is 43.0 Å². The van der Waals surface area contributed by atoms with Crippen LogP contribution in [0.2, 0.25) is 0 Å². The lowest BCUT2D eigenvalue weighted by molar-refractivity contribution is -0.163. The molecule has 31 heavy (non-hydrogen) atoms. The van der Waals surface area contributed by atoms with Gasteiger partial charge in [0, 0.05) is 30.6 Å². The largest absolute Gasteiger partial charge is 0.476 e. The number of carbonyl (C=O) groups excluding carboxylic acids is 1. The van der Waals surface area contributed by atoms with Gasteiger partial charge >= 0.3 is 12.1 Å². The van der Waals surface area contributed by atoms with Crippen LogP contribution in [0.15, 0.2) is 36.7 Å². The molecule has 0 radical (unpaired) electrons. The first-order valence-corrected chi connectivity index (χ1v) is 10.1. The number of hydrogen-bond acceptors (Lipinski definition) is 6. The first-order chi connectivity index (χ1) is 14.6. The van der Waals surface area contributed by atoms with Gasteiger partial charge in [0.05, 0.1) is 5.41 Å². The molecule has 0 saturated carbocycles. The third-order valence-electron chi connectivity index (χ3n) is 5.32. The number of pyridine rings is 2. The summed E-state index contributed by atoms with van der Waals surface area (Å²) >= 11 is 0. The van der Waals surface area contributed by atoms with Crippen LogP contribution in [0.4, 0.5) is 13.2 Å². The highest BCUT2D eigenvalue weighted by Crippen LogP contribution is 2.36. The third kappa shape index (κ3) is 5.52. The van der Waals surface area contributed by atoms with E-state index in [1.54, 1.807) is 20.0 Å². The Labute approximate surface area is 179 Å². The highest BCUT2D eigenvalue weighted by atomic mass is 19.4. The Bertz CT molecular complexity index is 918. The molecule has 3 heterocycles. The number of piperidine rings is 1.